The maximum absolute atomic E-state index is 13.2. The van der Waals surface area contributed by atoms with E-state index in [-0.39, 0.29) is 30.3 Å². The second-order valence-electron chi connectivity index (χ2n) is 8.14. The van der Waals surface area contributed by atoms with Crippen LogP contribution in [-0.2, 0) is 9.59 Å². The number of nitrogens with two attached hydrogens (primary N) is 1. The van der Waals surface area contributed by atoms with Crippen LogP contribution in [-0.4, -0.2) is 35.2 Å². The fourth-order valence-corrected chi connectivity index (χ4v) is 5.60. The Kier molecular flexibility index (Phi) is 6.75. The summed E-state index contributed by atoms with van der Waals surface area (Å²) in [5.41, 5.74) is 6.68. The van der Waals surface area contributed by atoms with E-state index in [9.17, 15) is 14.4 Å². The topological polar surface area (TPSA) is 92.5 Å². The average molecular weight is 406 g/mol. The van der Waals surface area contributed by atoms with E-state index in [0.29, 0.717) is 10.6 Å². The summed E-state index contributed by atoms with van der Waals surface area (Å²) in [6.45, 7) is 3.78. The fraction of sp³-hybridized carbons (Fsp3) is 0.667. The smallest absolute Gasteiger partial charge is 0.251 e. The highest BCUT2D eigenvalue weighted by Gasteiger charge is 2.33. The minimum atomic E-state index is -0.539. The minimum Gasteiger partial charge on any atom is -0.365 e. The van der Waals surface area contributed by atoms with Gasteiger partial charge in [0.05, 0.1) is 5.56 Å². The number of anilines is 1. The van der Waals surface area contributed by atoms with Crippen LogP contribution in [0.3, 0.4) is 0 Å². The van der Waals surface area contributed by atoms with Crippen LogP contribution in [0.1, 0.15) is 78.6 Å². The van der Waals surface area contributed by atoms with Crippen molar-refractivity contribution in [3.05, 3.63) is 16.0 Å². The first-order valence-corrected chi connectivity index (χ1v) is 11.2. The summed E-state index contributed by atoms with van der Waals surface area (Å²) in [7, 11) is 0. The molecule has 6 nitrogen and oxygen atoms in total. The van der Waals surface area contributed by atoms with Crippen molar-refractivity contribution in [1.82, 2.24) is 4.90 Å². The quantitative estimate of drug-likeness (QED) is 0.755. The van der Waals surface area contributed by atoms with Crippen LogP contribution in [0.2, 0.25) is 0 Å². The Morgan fingerprint density at radius 1 is 1.04 bits per heavy atom. The van der Waals surface area contributed by atoms with E-state index < -0.39 is 5.91 Å². The Balaban J connectivity index is 1.73. The first-order chi connectivity index (χ1) is 13.4. The third-order valence-electron chi connectivity index (χ3n) is 6.20. The molecule has 0 unspecified atom stereocenters. The monoisotopic (exact) mass is 405 g/mol. The normalized spacial score (nSPS) is 18.2. The summed E-state index contributed by atoms with van der Waals surface area (Å²) in [6.07, 6.45) is 9.39. The lowest BCUT2D eigenvalue weighted by Gasteiger charge is -2.33. The number of carbonyl (C=O) groups is 3. The largest absolute Gasteiger partial charge is 0.365 e. The van der Waals surface area contributed by atoms with Crippen LogP contribution >= 0.6 is 11.3 Å². The number of aryl methyl sites for hydroxylation is 1. The van der Waals surface area contributed by atoms with E-state index >= 15 is 0 Å². The van der Waals surface area contributed by atoms with Gasteiger partial charge in [-0.1, -0.05) is 32.1 Å². The van der Waals surface area contributed by atoms with E-state index in [1.54, 1.807) is 0 Å². The fourth-order valence-electron chi connectivity index (χ4n) is 4.52. The van der Waals surface area contributed by atoms with Crippen molar-refractivity contribution >= 4 is 34.1 Å². The maximum Gasteiger partial charge on any atom is 0.251 e. The molecule has 3 amide bonds. The van der Waals surface area contributed by atoms with Crippen molar-refractivity contribution in [3.8, 4) is 0 Å². The lowest BCUT2D eigenvalue weighted by Crippen LogP contribution is -2.46. The molecule has 3 N–H and O–H groups in total. The Bertz CT molecular complexity index is 746. The minimum absolute atomic E-state index is 0.0498. The van der Waals surface area contributed by atoms with Gasteiger partial charge in [0.1, 0.15) is 11.5 Å². The van der Waals surface area contributed by atoms with Crippen LogP contribution in [0.5, 0.6) is 0 Å². The summed E-state index contributed by atoms with van der Waals surface area (Å²) < 4.78 is 0. The van der Waals surface area contributed by atoms with Crippen LogP contribution in [0.15, 0.2) is 0 Å². The van der Waals surface area contributed by atoms with Crippen LogP contribution in [0.25, 0.3) is 0 Å². The molecule has 1 heterocycles. The van der Waals surface area contributed by atoms with Crippen LogP contribution < -0.4 is 11.1 Å². The molecule has 0 spiro atoms. The highest BCUT2D eigenvalue weighted by Crippen LogP contribution is 2.33. The average Bonchev–Trinajstić information content (AvgIpc) is 3.28. The first-order valence-electron chi connectivity index (χ1n) is 10.4. The molecule has 2 fully saturated rings. The zero-order chi connectivity index (χ0) is 20.3. The molecular weight excluding hydrogens is 374 g/mol. The first kappa shape index (κ1) is 20.8. The van der Waals surface area contributed by atoms with Gasteiger partial charge in [0.2, 0.25) is 11.8 Å². The zero-order valence-electron chi connectivity index (χ0n) is 16.9. The van der Waals surface area contributed by atoms with Crippen molar-refractivity contribution in [3.63, 3.8) is 0 Å². The molecule has 1 aromatic heterocycles. The molecule has 2 aliphatic carbocycles. The SMILES string of the molecule is Cc1sc(NC(=O)CN(C(=O)C2CCCCC2)C2CCCC2)c(C(N)=O)c1C. The van der Waals surface area contributed by atoms with E-state index in [2.05, 4.69) is 5.32 Å². The van der Waals surface area contributed by atoms with Crippen molar-refractivity contribution in [2.75, 3.05) is 11.9 Å². The van der Waals surface area contributed by atoms with Crippen molar-refractivity contribution in [2.24, 2.45) is 11.7 Å². The van der Waals surface area contributed by atoms with Crippen LogP contribution in [0, 0.1) is 19.8 Å². The second-order valence-corrected chi connectivity index (χ2v) is 9.36. The molecule has 0 bridgehead atoms. The van der Waals surface area contributed by atoms with Crippen molar-refractivity contribution in [1.29, 1.82) is 0 Å². The number of nitrogens with one attached hydrogen (secondary N) is 1. The number of hydrogen-bond donors (Lipinski definition) is 2. The third kappa shape index (κ3) is 4.57. The number of amides is 3. The summed E-state index contributed by atoms with van der Waals surface area (Å²) >= 11 is 1.36. The molecule has 154 valence electrons. The molecular formula is C21H31N3O3S. The Labute approximate surface area is 170 Å². The molecule has 0 aromatic carbocycles. The lowest BCUT2D eigenvalue weighted by atomic mass is 9.88. The van der Waals surface area contributed by atoms with Gasteiger partial charge in [-0.15, -0.1) is 11.3 Å². The van der Waals surface area contributed by atoms with Gasteiger partial charge in [0.25, 0.3) is 5.91 Å². The third-order valence-corrected chi connectivity index (χ3v) is 7.32. The number of carbonyl (C=O) groups excluding carboxylic acids is 3. The molecule has 1 aromatic rings. The molecule has 0 atom stereocenters. The number of rotatable bonds is 6. The highest BCUT2D eigenvalue weighted by atomic mass is 32.1. The van der Waals surface area contributed by atoms with E-state index in [1.165, 1.54) is 17.8 Å². The zero-order valence-corrected chi connectivity index (χ0v) is 17.7. The molecule has 28 heavy (non-hydrogen) atoms. The Morgan fingerprint density at radius 2 is 1.64 bits per heavy atom. The molecule has 0 saturated heterocycles. The van der Waals surface area contributed by atoms with E-state index in [4.69, 9.17) is 5.73 Å². The molecule has 0 aliphatic heterocycles. The Hall–Kier alpha value is -1.89. The molecule has 3 rings (SSSR count). The van der Waals surface area contributed by atoms with E-state index in [1.807, 2.05) is 18.7 Å². The number of primary amides is 1. The maximum atomic E-state index is 13.2. The predicted molar refractivity (Wildman–Crippen MR) is 111 cm³/mol. The standard InChI is InChI=1S/C21H31N3O3S/c1-13-14(2)28-20(18(13)19(22)26)23-17(25)12-24(16-10-6-7-11-16)21(27)15-8-4-3-5-9-15/h15-16H,3-12H2,1-2H3,(H2,22,26)(H,23,25). The van der Waals surface area contributed by atoms with E-state index in [0.717, 1.165) is 61.8 Å². The van der Waals surface area contributed by atoms with Crippen molar-refractivity contribution in [2.45, 2.75) is 77.7 Å². The second kappa shape index (κ2) is 9.07. The molecule has 2 saturated carbocycles. The molecule has 0 radical (unpaired) electrons. The van der Waals surface area contributed by atoms with Gasteiger partial charge in [0, 0.05) is 16.8 Å². The summed E-state index contributed by atoms with van der Waals surface area (Å²) in [5.74, 6) is -0.604. The predicted octanol–water partition coefficient (Wildman–Crippen LogP) is 3.75. The van der Waals surface area contributed by atoms with Gasteiger partial charge in [-0.05, 0) is 45.1 Å². The van der Waals surface area contributed by atoms with Gasteiger partial charge in [-0.25, -0.2) is 0 Å². The summed E-state index contributed by atoms with van der Waals surface area (Å²) in [5, 5.41) is 3.34. The van der Waals surface area contributed by atoms with Gasteiger partial charge >= 0.3 is 0 Å². The van der Waals surface area contributed by atoms with Gasteiger partial charge in [0.15, 0.2) is 0 Å². The van der Waals surface area contributed by atoms with Gasteiger partial charge in [-0.2, -0.15) is 0 Å². The lowest BCUT2D eigenvalue weighted by molar-refractivity contribution is -0.141. The Morgan fingerprint density at radius 3 is 2.25 bits per heavy atom. The number of thiophene rings is 1. The van der Waals surface area contributed by atoms with Gasteiger partial charge in [-0.3, -0.25) is 14.4 Å². The number of hydrogen-bond acceptors (Lipinski definition) is 4. The highest BCUT2D eigenvalue weighted by molar-refractivity contribution is 7.16. The summed E-state index contributed by atoms with van der Waals surface area (Å²) in [4.78, 5) is 40.6. The molecule has 2 aliphatic rings. The summed E-state index contributed by atoms with van der Waals surface area (Å²) in [6, 6.07) is 0.155. The van der Waals surface area contributed by atoms with Crippen LogP contribution in [0.4, 0.5) is 5.00 Å². The van der Waals surface area contributed by atoms with Crippen molar-refractivity contribution < 1.29 is 14.4 Å². The van der Waals surface area contributed by atoms with Gasteiger partial charge < -0.3 is 16.0 Å². The molecule has 7 heteroatoms. The number of nitrogens with zero attached hydrogens (tertiary/aromatic N) is 1.